The molecule has 2 aromatic rings. The normalized spacial score (nSPS) is 26.0. The van der Waals surface area contributed by atoms with Gasteiger partial charge in [0.15, 0.2) is 23.8 Å². The molecule has 1 aromatic carbocycles. The van der Waals surface area contributed by atoms with Crippen molar-refractivity contribution < 1.29 is 9.63 Å². The Labute approximate surface area is 164 Å². The summed E-state index contributed by atoms with van der Waals surface area (Å²) >= 11 is 6.54. The van der Waals surface area contributed by atoms with Gasteiger partial charge in [-0.15, -0.1) is 0 Å². The number of nitrogens with zero attached hydrogens (tertiary/aromatic N) is 8. The SMILES string of the molecule is N#CN1C=C2N(c3ccccc3C3N=CN(c4nc(C5(O)CC5)no4)N23)C1Cl. The number of fused-ring (bicyclic) bond motifs is 6. The summed E-state index contributed by atoms with van der Waals surface area (Å²) in [6.45, 7) is 0. The molecule has 1 aliphatic carbocycles. The van der Waals surface area contributed by atoms with Crippen LogP contribution in [-0.2, 0) is 5.60 Å². The smallest absolute Gasteiger partial charge is 0.348 e. The van der Waals surface area contributed by atoms with Gasteiger partial charge in [-0.1, -0.05) is 35.0 Å². The number of halogens is 1. The highest BCUT2D eigenvalue weighted by atomic mass is 35.5. The maximum Gasteiger partial charge on any atom is 0.348 e. The average molecular weight is 397 g/mol. The number of anilines is 2. The van der Waals surface area contributed by atoms with Crippen LogP contribution in [0.1, 0.15) is 30.4 Å². The third-order valence-corrected chi connectivity index (χ3v) is 5.71. The Kier molecular flexibility index (Phi) is 2.90. The summed E-state index contributed by atoms with van der Waals surface area (Å²) in [5.41, 5.74) is 0.119. The van der Waals surface area contributed by atoms with E-state index in [2.05, 4.69) is 21.3 Å². The van der Waals surface area contributed by atoms with Gasteiger partial charge in [0.05, 0.1) is 11.9 Å². The molecule has 140 valence electrons. The first-order valence-corrected chi connectivity index (χ1v) is 9.15. The molecule has 2 unspecified atom stereocenters. The van der Waals surface area contributed by atoms with Gasteiger partial charge in [0.25, 0.3) is 0 Å². The molecule has 0 saturated heterocycles. The largest absolute Gasteiger partial charge is 0.382 e. The second-order valence-corrected chi connectivity index (χ2v) is 7.38. The Balaban J connectivity index is 1.46. The summed E-state index contributed by atoms with van der Waals surface area (Å²) in [5.74, 6) is 0.926. The summed E-state index contributed by atoms with van der Waals surface area (Å²) in [6.07, 6.45) is 6.21. The molecular weight excluding hydrogens is 384 g/mol. The molecule has 2 atom stereocenters. The van der Waals surface area contributed by atoms with E-state index < -0.39 is 11.2 Å². The Morgan fingerprint density at radius 3 is 2.93 bits per heavy atom. The van der Waals surface area contributed by atoms with Crippen molar-refractivity contribution in [1.82, 2.24) is 20.0 Å². The van der Waals surface area contributed by atoms with Crippen LogP contribution in [0.15, 0.2) is 45.8 Å². The lowest BCUT2D eigenvalue weighted by atomic mass is 10.1. The zero-order valence-electron chi connectivity index (χ0n) is 14.3. The van der Waals surface area contributed by atoms with Gasteiger partial charge in [-0.2, -0.15) is 15.3 Å². The van der Waals surface area contributed by atoms with E-state index in [4.69, 9.17) is 16.1 Å². The summed E-state index contributed by atoms with van der Waals surface area (Å²) in [5, 5.41) is 27.1. The fourth-order valence-corrected chi connectivity index (χ4v) is 3.99. The molecule has 10 nitrogen and oxygen atoms in total. The van der Waals surface area contributed by atoms with E-state index in [1.165, 1.54) is 4.90 Å². The second kappa shape index (κ2) is 5.15. The maximum atomic E-state index is 10.2. The van der Waals surface area contributed by atoms with Gasteiger partial charge in [-0.3, -0.25) is 4.90 Å². The number of para-hydroxylation sites is 1. The number of aromatic nitrogens is 2. The van der Waals surface area contributed by atoms with E-state index in [-0.39, 0.29) is 18.0 Å². The predicted molar refractivity (Wildman–Crippen MR) is 97.1 cm³/mol. The van der Waals surface area contributed by atoms with Crippen molar-refractivity contribution in [3.63, 3.8) is 0 Å². The number of hydrazine groups is 1. The van der Waals surface area contributed by atoms with Crippen molar-refractivity contribution in [2.24, 2.45) is 4.99 Å². The van der Waals surface area contributed by atoms with Crippen LogP contribution in [0.4, 0.5) is 11.7 Å². The van der Waals surface area contributed by atoms with Gasteiger partial charge < -0.3 is 9.63 Å². The third kappa shape index (κ3) is 1.92. The number of benzene rings is 1. The standard InChI is InChI=1S/C17H13ClN8O2/c18-15-23(8-19)7-12-25(15)11-4-2-1-3-10(11)13-20-9-24(26(12)13)16-21-14(22-28-16)17(27)5-6-17/h1-4,7,9,13,15,27H,5-6H2. The zero-order chi connectivity index (χ0) is 19.0. The van der Waals surface area contributed by atoms with Crippen LogP contribution in [-0.4, -0.2) is 37.1 Å². The number of rotatable bonds is 2. The van der Waals surface area contributed by atoms with Crippen LogP contribution >= 0.6 is 11.6 Å². The molecule has 0 bridgehead atoms. The first kappa shape index (κ1) is 15.7. The van der Waals surface area contributed by atoms with E-state index in [9.17, 15) is 10.4 Å². The van der Waals surface area contributed by atoms with Crippen molar-refractivity contribution in [3.8, 4) is 6.19 Å². The van der Waals surface area contributed by atoms with Gasteiger partial charge in [-0.25, -0.2) is 14.9 Å². The highest BCUT2D eigenvalue weighted by Crippen LogP contribution is 2.49. The molecule has 0 spiro atoms. The van der Waals surface area contributed by atoms with Gasteiger partial charge in [0.1, 0.15) is 11.9 Å². The maximum absolute atomic E-state index is 10.2. The monoisotopic (exact) mass is 396 g/mol. The summed E-state index contributed by atoms with van der Waals surface area (Å²) < 4.78 is 5.40. The summed E-state index contributed by atoms with van der Waals surface area (Å²) in [6, 6.07) is 7.95. The van der Waals surface area contributed by atoms with E-state index in [0.29, 0.717) is 18.7 Å². The second-order valence-electron chi connectivity index (χ2n) is 6.99. The van der Waals surface area contributed by atoms with Crippen LogP contribution in [0, 0.1) is 11.5 Å². The highest BCUT2D eigenvalue weighted by molar-refractivity contribution is 6.22. The van der Waals surface area contributed by atoms with Gasteiger partial charge in [-0.05, 0) is 18.9 Å². The lowest BCUT2D eigenvalue weighted by Crippen LogP contribution is -2.48. The quantitative estimate of drug-likeness (QED) is 0.461. The molecule has 6 rings (SSSR count). The Bertz CT molecular complexity index is 1090. The molecule has 1 aromatic heterocycles. The number of nitriles is 1. The summed E-state index contributed by atoms with van der Waals surface area (Å²) in [7, 11) is 0. The zero-order valence-corrected chi connectivity index (χ0v) is 15.1. The first-order chi connectivity index (χ1) is 13.6. The molecule has 4 heterocycles. The fraction of sp³-hybridized carbons (Fsp3) is 0.294. The molecule has 1 fully saturated rings. The Morgan fingerprint density at radius 1 is 1.32 bits per heavy atom. The van der Waals surface area contributed by atoms with Gasteiger partial charge in [0.2, 0.25) is 5.82 Å². The Hall–Kier alpha value is -3.29. The van der Waals surface area contributed by atoms with Crippen LogP contribution in [0.2, 0.25) is 0 Å². The summed E-state index contributed by atoms with van der Waals surface area (Å²) in [4.78, 5) is 12.2. The molecule has 0 radical (unpaired) electrons. The fourth-order valence-electron chi connectivity index (χ4n) is 3.68. The number of aliphatic hydroxyl groups is 1. The number of hydrogen-bond acceptors (Lipinski definition) is 10. The first-order valence-electron chi connectivity index (χ1n) is 8.71. The minimum absolute atomic E-state index is 0.184. The van der Waals surface area contributed by atoms with Crippen molar-refractivity contribution in [1.29, 1.82) is 5.26 Å². The lowest BCUT2D eigenvalue weighted by molar-refractivity contribution is 0.137. The molecule has 1 saturated carbocycles. The van der Waals surface area contributed by atoms with Gasteiger partial charge >= 0.3 is 6.01 Å². The van der Waals surface area contributed by atoms with Gasteiger partial charge in [0, 0.05) is 5.56 Å². The molecular formula is C17H13ClN8O2. The van der Waals surface area contributed by atoms with Crippen LogP contribution in [0.25, 0.3) is 0 Å². The number of aliphatic imine (C=N–C) groups is 1. The van der Waals surface area contributed by atoms with E-state index in [1.54, 1.807) is 17.5 Å². The van der Waals surface area contributed by atoms with E-state index >= 15 is 0 Å². The third-order valence-electron chi connectivity index (χ3n) is 5.30. The topological polar surface area (TPSA) is 108 Å². The van der Waals surface area contributed by atoms with Crippen molar-refractivity contribution in [2.75, 3.05) is 9.91 Å². The predicted octanol–water partition coefficient (Wildman–Crippen LogP) is 1.75. The molecule has 3 aliphatic heterocycles. The van der Waals surface area contributed by atoms with Crippen molar-refractivity contribution in [2.45, 2.75) is 30.2 Å². The van der Waals surface area contributed by atoms with Crippen molar-refractivity contribution in [3.05, 3.63) is 47.7 Å². The lowest BCUT2D eigenvalue weighted by Gasteiger charge is -2.42. The average Bonchev–Trinajstić information content (AvgIpc) is 3.11. The molecule has 0 amide bonds. The van der Waals surface area contributed by atoms with Crippen LogP contribution in [0.3, 0.4) is 0 Å². The number of hydrogen-bond donors (Lipinski definition) is 1. The highest BCUT2D eigenvalue weighted by Gasteiger charge is 2.50. The number of alkyl halides is 1. The minimum Gasteiger partial charge on any atom is -0.382 e. The Morgan fingerprint density at radius 2 is 2.14 bits per heavy atom. The molecule has 11 heteroatoms. The van der Waals surface area contributed by atoms with Crippen LogP contribution < -0.4 is 9.91 Å². The van der Waals surface area contributed by atoms with Crippen molar-refractivity contribution >= 4 is 29.6 Å². The molecule has 28 heavy (non-hydrogen) atoms. The molecule has 1 N–H and O–H groups in total. The van der Waals surface area contributed by atoms with E-state index in [0.717, 1.165) is 11.3 Å². The van der Waals surface area contributed by atoms with Crippen LogP contribution in [0.5, 0.6) is 0 Å². The van der Waals surface area contributed by atoms with E-state index in [1.807, 2.05) is 34.2 Å². The molecule has 4 aliphatic rings. The minimum atomic E-state index is -0.996.